The molecular weight excluding hydrogens is 255 g/mol. The zero-order valence-electron chi connectivity index (χ0n) is 9.67. The van der Waals surface area contributed by atoms with E-state index in [1.165, 1.54) is 11.4 Å². The lowest BCUT2D eigenvalue weighted by atomic mass is 10.0. The number of benzene rings is 2. The number of halogens is 2. The minimum absolute atomic E-state index is 0.708. The molecule has 17 heavy (non-hydrogen) atoms. The standard InChI is InChI=1S/C13H12Cl2N2/c1-16-7-17(2)11-6-4-9(15)12-8(14)3-5-10(16)13(11)12/h3-6H,7H2,1-2H3. The molecule has 2 nitrogen and oxygen atoms in total. The van der Waals surface area contributed by atoms with Crippen LogP contribution in [0.1, 0.15) is 0 Å². The molecule has 0 spiro atoms. The monoisotopic (exact) mass is 266 g/mol. The summed E-state index contributed by atoms with van der Waals surface area (Å²) in [6.45, 7) is 0.866. The minimum Gasteiger partial charge on any atom is -0.356 e. The Morgan fingerprint density at radius 3 is 1.76 bits per heavy atom. The number of nitrogens with zero attached hydrogens (tertiary/aromatic N) is 2. The molecule has 2 aromatic carbocycles. The van der Waals surface area contributed by atoms with Crippen LogP contribution in [-0.2, 0) is 0 Å². The van der Waals surface area contributed by atoms with Crippen LogP contribution in [0.3, 0.4) is 0 Å². The van der Waals surface area contributed by atoms with Crippen molar-refractivity contribution in [2.24, 2.45) is 0 Å². The second-order valence-electron chi connectivity index (χ2n) is 4.42. The van der Waals surface area contributed by atoms with E-state index in [1.807, 2.05) is 12.1 Å². The highest BCUT2D eigenvalue weighted by Gasteiger charge is 2.21. The lowest BCUT2D eigenvalue weighted by molar-refractivity contribution is 0.847. The maximum atomic E-state index is 6.26. The molecule has 88 valence electrons. The Bertz CT molecular complexity index is 561. The SMILES string of the molecule is CN1CN(C)c2ccc(Cl)c3c(Cl)ccc1c23. The first-order valence-corrected chi connectivity index (χ1v) is 6.18. The summed E-state index contributed by atoms with van der Waals surface area (Å²) >= 11 is 12.5. The first-order chi connectivity index (χ1) is 8.09. The van der Waals surface area contributed by atoms with Crippen LogP contribution >= 0.6 is 23.2 Å². The molecule has 0 fully saturated rings. The van der Waals surface area contributed by atoms with Gasteiger partial charge in [-0.05, 0) is 24.3 Å². The molecule has 0 aromatic heterocycles. The van der Waals surface area contributed by atoms with Gasteiger partial charge in [-0.3, -0.25) is 0 Å². The predicted octanol–water partition coefficient (Wildman–Crippen LogP) is 3.99. The topological polar surface area (TPSA) is 6.48 Å². The summed E-state index contributed by atoms with van der Waals surface area (Å²) in [5.41, 5.74) is 2.36. The van der Waals surface area contributed by atoms with Crippen LogP contribution in [0.25, 0.3) is 10.8 Å². The fourth-order valence-electron chi connectivity index (χ4n) is 2.48. The second-order valence-corrected chi connectivity index (χ2v) is 5.23. The van der Waals surface area contributed by atoms with Crippen molar-refractivity contribution < 1.29 is 0 Å². The molecule has 0 amide bonds. The van der Waals surface area contributed by atoms with Gasteiger partial charge < -0.3 is 9.80 Å². The third-order valence-corrected chi connectivity index (χ3v) is 3.89. The van der Waals surface area contributed by atoms with Gasteiger partial charge in [0.05, 0.1) is 16.7 Å². The van der Waals surface area contributed by atoms with E-state index in [0.29, 0.717) is 10.0 Å². The summed E-state index contributed by atoms with van der Waals surface area (Å²) in [6, 6.07) is 7.93. The molecule has 2 aromatic rings. The van der Waals surface area contributed by atoms with Gasteiger partial charge in [-0.15, -0.1) is 0 Å². The van der Waals surface area contributed by atoms with E-state index in [0.717, 1.165) is 17.4 Å². The Kier molecular flexibility index (Phi) is 2.39. The van der Waals surface area contributed by atoms with Crippen LogP contribution in [0.5, 0.6) is 0 Å². The van der Waals surface area contributed by atoms with Crippen molar-refractivity contribution in [2.45, 2.75) is 0 Å². The fraction of sp³-hybridized carbons (Fsp3) is 0.231. The lowest BCUT2D eigenvalue weighted by Gasteiger charge is -2.35. The highest BCUT2D eigenvalue weighted by molar-refractivity contribution is 6.43. The molecule has 0 bridgehead atoms. The van der Waals surface area contributed by atoms with Gasteiger partial charge in [0, 0.05) is 36.2 Å². The van der Waals surface area contributed by atoms with Crippen LogP contribution in [0.2, 0.25) is 10.0 Å². The van der Waals surface area contributed by atoms with Crippen molar-refractivity contribution in [2.75, 3.05) is 30.6 Å². The maximum absolute atomic E-state index is 6.26. The smallest absolute Gasteiger partial charge is 0.0897 e. The van der Waals surface area contributed by atoms with Gasteiger partial charge in [0.1, 0.15) is 0 Å². The summed E-state index contributed by atoms with van der Waals surface area (Å²) < 4.78 is 0. The minimum atomic E-state index is 0.708. The van der Waals surface area contributed by atoms with E-state index in [-0.39, 0.29) is 0 Å². The number of rotatable bonds is 0. The third kappa shape index (κ3) is 1.48. The summed E-state index contributed by atoms with van der Waals surface area (Å²) in [4.78, 5) is 4.39. The van der Waals surface area contributed by atoms with Crippen molar-refractivity contribution in [1.29, 1.82) is 0 Å². The Labute approximate surface area is 110 Å². The van der Waals surface area contributed by atoms with E-state index >= 15 is 0 Å². The highest BCUT2D eigenvalue weighted by atomic mass is 35.5. The Morgan fingerprint density at radius 2 is 1.29 bits per heavy atom. The number of hydrogen-bond donors (Lipinski definition) is 0. The molecule has 0 saturated carbocycles. The van der Waals surface area contributed by atoms with Gasteiger partial charge in [0.15, 0.2) is 0 Å². The van der Waals surface area contributed by atoms with Gasteiger partial charge in [0.25, 0.3) is 0 Å². The van der Waals surface area contributed by atoms with Crippen molar-refractivity contribution in [3.05, 3.63) is 34.3 Å². The Balaban J connectivity index is 2.51. The predicted molar refractivity (Wildman–Crippen MR) is 75.6 cm³/mol. The van der Waals surface area contributed by atoms with Gasteiger partial charge >= 0.3 is 0 Å². The first-order valence-electron chi connectivity index (χ1n) is 5.42. The number of hydrogen-bond acceptors (Lipinski definition) is 2. The molecule has 0 saturated heterocycles. The van der Waals surface area contributed by atoms with Crippen molar-refractivity contribution >= 4 is 45.3 Å². The van der Waals surface area contributed by atoms with Gasteiger partial charge in [-0.2, -0.15) is 0 Å². The van der Waals surface area contributed by atoms with Crippen LogP contribution < -0.4 is 9.80 Å². The summed E-state index contributed by atoms with van der Waals surface area (Å²) in [6.07, 6.45) is 0. The van der Waals surface area contributed by atoms with Crippen molar-refractivity contribution in [3.8, 4) is 0 Å². The molecule has 0 atom stereocenters. The van der Waals surface area contributed by atoms with Crippen LogP contribution in [-0.4, -0.2) is 20.8 Å². The van der Waals surface area contributed by atoms with E-state index in [4.69, 9.17) is 23.2 Å². The normalized spacial score (nSPS) is 14.6. The Morgan fingerprint density at radius 1 is 0.824 bits per heavy atom. The molecule has 1 aliphatic heterocycles. The quantitative estimate of drug-likeness (QED) is 0.712. The van der Waals surface area contributed by atoms with E-state index in [9.17, 15) is 0 Å². The molecular formula is C13H12Cl2N2. The maximum Gasteiger partial charge on any atom is 0.0897 e. The highest BCUT2D eigenvalue weighted by Crippen LogP contribution is 2.43. The van der Waals surface area contributed by atoms with E-state index in [2.05, 4.69) is 36.0 Å². The van der Waals surface area contributed by atoms with Gasteiger partial charge in [0.2, 0.25) is 0 Å². The molecule has 0 aliphatic carbocycles. The zero-order valence-corrected chi connectivity index (χ0v) is 11.2. The molecule has 1 aliphatic rings. The zero-order chi connectivity index (χ0) is 12.2. The first kappa shape index (κ1) is 11.0. The van der Waals surface area contributed by atoms with Crippen molar-refractivity contribution in [3.63, 3.8) is 0 Å². The molecule has 0 radical (unpaired) electrons. The summed E-state index contributed by atoms with van der Waals surface area (Å²) in [5.74, 6) is 0. The van der Waals surface area contributed by atoms with E-state index in [1.54, 1.807) is 0 Å². The van der Waals surface area contributed by atoms with Crippen molar-refractivity contribution in [1.82, 2.24) is 0 Å². The number of anilines is 2. The van der Waals surface area contributed by atoms with E-state index < -0.39 is 0 Å². The third-order valence-electron chi connectivity index (χ3n) is 3.26. The lowest BCUT2D eigenvalue weighted by Crippen LogP contribution is -2.36. The Hall–Kier alpha value is -1.12. The largest absolute Gasteiger partial charge is 0.356 e. The molecule has 0 N–H and O–H groups in total. The molecule has 4 heteroatoms. The summed E-state index contributed by atoms with van der Waals surface area (Å²) in [7, 11) is 4.14. The average Bonchev–Trinajstić information content (AvgIpc) is 2.28. The van der Waals surface area contributed by atoms with Crippen LogP contribution in [0, 0.1) is 0 Å². The molecule has 1 heterocycles. The summed E-state index contributed by atoms with van der Waals surface area (Å²) in [5, 5.41) is 3.50. The van der Waals surface area contributed by atoms with Crippen LogP contribution in [0.4, 0.5) is 11.4 Å². The van der Waals surface area contributed by atoms with Gasteiger partial charge in [-0.1, -0.05) is 23.2 Å². The average molecular weight is 267 g/mol. The molecule has 3 rings (SSSR count). The van der Waals surface area contributed by atoms with Gasteiger partial charge in [-0.25, -0.2) is 0 Å². The molecule has 0 unspecified atom stereocenters. The van der Waals surface area contributed by atoms with Crippen LogP contribution in [0.15, 0.2) is 24.3 Å². The second kappa shape index (κ2) is 3.69. The fourth-order valence-corrected chi connectivity index (χ4v) is 3.05.